The molecule has 0 radical (unpaired) electrons. The van der Waals surface area contributed by atoms with Gasteiger partial charge in [0.2, 0.25) is 0 Å². The van der Waals surface area contributed by atoms with E-state index < -0.39 is 0 Å². The summed E-state index contributed by atoms with van der Waals surface area (Å²) >= 11 is 0. The Morgan fingerprint density at radius 1 is 0.962 bits per heavy atom. The molecule has 0 bridgehead atoms. The molecule has 2 aromatic carbocycles. The van der Waals surface area contributed by atoms with E-state index in [0.29, 0.717) is 19.3 Å². The lowest BCUT2D eigenvalue weighted by atomic mass is 9.98. The molecule has 4 rings (SSSR count). The van der Waals surface area contributed by atoms with Crippen LogP contribution < -0.4 is 0 Å². The minimum atomic E-state index is 0.337. The van der Waals surface area contributed by atoms with Gasteiger partial charge in [-0.1, -0.05) is 60.7 Å². The quantitative estimate of drug-likeness (QED) is 0.692. The Labute approximate surface area is 155 Å². The monoisotopic (exact) mass is 344 g/mol. The zero-order valence-corrected chi connectivity index (χ0v) is 15.1. The number of hydrogen-bond donors (Lipinski definition) is 0. The van der Waals surface area contributed by atoms with Crippen molar-refractivity contribution in [3.05, 3.63) is 89.6 Å². The maximum absolute atomic E-state index is 6.13. The third-order valence-electron chi connectivity index (χ3n) is 5.09. The van der Waals surface area contributed by atoms with Crippen LogP contribution in [0.3, 0.4) is 0 Å². The van der Waals surface area contributed by atoms with Crippen molar-refractivity contribution in [1.29, 1.82) is 0 Å². The van der Waals surface area contributed by atoms with Gasteiger partial charge in [0.05, 0.1) is 18.9 Å². The predicted molar refractivity (Wildman–Crippen MR) is 105 cm³/mol. The van der Waals surface area contributed by atoms with Crippen LogP contribution in [-0.4, -0.2) is 29.6 Å². The standard InChI is InChI=1S/C23H24N2O/c1-25-15-19-10-5-6-12-22(19)23-20(11-7-13-24-23)16-26-17-21(25)14-18-8-3-2-4-9-18/h2-13,21H,14-17H2,1H3/t21-/m0/s1. The van der Waals surface area contributed by atoms with Gasteiger partial charge >= 0.3 is 0 Å². The molecule has 132 valence electrons. The Balaban J connectivity index is 1.67. The number of pyridine rings is 1. The Morgan fingerprint density at radius 3 is 2.62 bits per heavy atom. The second-order valence-corrected chi connectivity index (χ2v) is 6.94. The third-order valence-corrected chi connectivity index (χ3v) is 5.09. The summed E-state index contributed by atoms with van der Waals surface area (Å²) in [5.41, 5.74) is 6.06. The van der Waals surface area contributed by atoms with Crippen LogP contribution in [0.15, 0.2) is 72.9 Å². The zero-order valence-electron chi connectivity index (χ0n) is 15.1. The Bertz CT molecular complexity index is 863. The summed E-state index contributed by atoms with van der Waals surface area (Å²) in [6, 6.07) is 23.7. The van der Waals surface area contributed by atoms with Crippen LogP contribution in [-0.2, 0) is 24.3 Å². The van der Waals surface area contributed by atoms with Gasteiger partial charge in [-0.15, -0.1) is 0 Å². The first-order valence-corrected chi connectivity index (χ1v) is 9.15. The minimum Gasteiger partial charge on any atom is -0.375 e. The molecule has 0 saturated carbocycles. The molecular formula is C23H24N2O. The summed E-state index contributed by atoms with van der Waals surface area (Å²) in [4.78, 5) is 7.05. The van der Waals surface area contributed by atoms with E-state index in [1.165, 1.54) is 16.7 Å². The average Bonchev–Trinajstić information content (AvgIpc) is 2.68. The first-order valence-electron chi connectivity index (χ1n) is 9.15. The number of ether oxygens (including phenoxy) is 1. The molecule has 1 aliphatic heterocycles. The maximum atomic E-state index is 6.13. The zero-order chi connectivity index (χ0) is 17.8. The van der Waals surface area contributed by atoms with E-state index in [4.69, 9.17) is 4.74 Å². The number of likely N-dealkylation sites (N-methyl/N-ethyl adjacent to an activating group) is 1. The highest BCUT2D eigenvalue weighted by Gasteiger charge is 2.20. The number of hydrogen-bond acceptors (Lipinski definition) is 3. The molecule has 3 aromatic rings. The van der Waals surface area contributed by atoms with E-state index in [1.807, 2.05) is 12.3 Å². The van der Waals surface area contributed by atoms with Gasteiger partial charge in [-0.2, -0.15) is 0 Å². The molecule has 1 aromatic heterocycles. The normalized spacial score (nSPS) is 18.0. The fourth-order valence-corrected chi connectivity index (χ4v) is 3.62. The van der Waals surface area contributed by atoms with Crippen LogP contribution in [0.1, 0.15) is 16.7 Å². The smallest absolute Gasteiger partial charge is 0.0760 e. The lowest BCUT2D eigenvalue weighted by Crippen LogP contribution is -2.37. The third kappa shape index (κ3) is 3.69. The number of rotatable bonds is 2. The molecule has 0 fully saturated rings. The van der Waals surface area contributed by atoms with E-state index in [-0.39, 0.29) is 0 Å². The maximum Gasteiger partial charge on any atom is 0.0760 e. The molecule has 2 heterocycles. The van der Waals surface area contributed by atoms with Crippen molar-refractivity contribution in [3.8, 4) is 11.3 Å². The van der Waals surface area contributed by atoms with E-state index >= 15 is 0 Å². The number of aromatic nitrogens is 1. The molecule has 0 aliphatic carbocycles. The molecule has 26 heavy (non-hydrogen) atoms. The highest BCUT2D eigenvalue weighted by molar-refractivity contribution is 5.66. The fraction of sp³-hybridized carbons (Fsp3) is 0.261. The second-order valence-electron chi connectivity index (χ2n) is 6.94. The molecular weight excluding hydrogens is 320 g/mol. The average molecular weight is 344 g/mol. The first-order chi connectivity index (χ1) is 12.8. The highest BCUT2D eigenvalue weighted by Crippen LogP contribution is 2.28. The molecule has 3 heteroatoms. The molecule has 0 spiro atoms. The van der Waals surface area contributed by atoms with Crippen molar-refractivity contribution in [2.45, 2.75) is 25.6 Å². The van der Waals surface area contributed by atoms with Gasteiger partial charge in [-0.05, 0) is 30.7 Å². The fourth-order valence-electron chi connectivity index (χ4n) is 3.62. The molecule has 0 N–H and O–H groups in total. The molecule has 0 amide bonds. The molecule has 1 aliphatic rings. The summed E-state index contributed by atoms with van der Waals surface area (Å²) in [6.07, 6.45) is 2.85. The van der Waals surface area contributed by atoms with Gasteiger partial charge in [-0.25, -0.2) is 0 Å². The summed E-state index contributed by atoms with van der Waals surface area (Å²) in [6.45, 7) is 2.19. The summed E-state index contributed by atoms with van der Waals surface area (Å²) in [7, 11) is 2.19. The number of nitrogens with zero attached hydrogens (tertiary/aromatic N) is 2. The van der Waals surface area contributed by atoms with Crippen molar-refractivity contribution >= 4 is 0 Å². The van der Waals surface area contributed by atoms with Crippen molar-refractivity contribution < 1.29 is 4.74 Å². The van der Waals surface area contributed by atoms with Gasteiger partial charge in [0.25, 0.3) is 0 Å². The Morgan fingerprint density at radius 2 is 1.73 bits per heavy atom. The van der Waals surface area contributed by atoms with E-state index in [9.17, 15) is 0 Å². The van der Waals surface area contributed by atoms with Gasteiger partial charge in [-0.3, -0.25) is 9.88 Å². The van der Waals surface area contributed by atoms with Crippen LogP contribution in [0.5, 0.6) is 0 Å². The summed E-state index contributed by atoms with van der Waals surface area (Å²) in [5, 5.41) is 0. The lowest BCUT2D eigenvalue weighted by Gasteiger charge is -2.30. The lowest BCUT2D eigenvalue weighted by molar-refractivity contribution is 0.0569. The molecule has 0 unspecified atom stereocenters. The van der Waals surface area contributed by atoms with Gasteiger partial charge in [0.15, 0.2) is 0 Å². The Kier molecular flexibility index (Phi) is 5.09. The van der Waals surface area contributed by atoms with Crippen LogP contribution in [0, 0.1) is 0 Å². The topological polar surface area (TPSA) is 25.4 Å². The molecule has 0 saturated heterocycles. The summed E-state index contributed by atoms with van der Waals surface area (Å²) in [5.74, 6) is 0. The van der Waals surface area contributed by atoms with Crippen molar-refractivity contribution in [1.82, 2.24) is 9.88 Å². The largest absolute Gasteiger partial charge is 0.375 e. The van der Waals surface area contributed by atoms with Gasteiger partial charge in [0, 0.05) is 29.9 Å². The van der Waals surface area contributed by atoms with Crippen molar-refractivity contribution in [2.75, 3.05) is 13.7 Å². The number of fused-ring (bicyclic) bond motifs is 3. The second kappa shape index (κ2) is 7.81. The highest BCUT2D eigenvalue weighted by atomic mass is 16.5. The predicted octanol–water partition coefficient (Wildman–Crippen LogP) is 4.32. The first kappa shape index (κ1) is 17.0. The van der Waals surface area contributed by atoms with E-state index in [2.05, 4.69) is 77.6 Å². The Hall–Kier alpha value is -2.49. The minimum absolute atomic E-state index is 0.337. The van der Waals surface area contributed by atoms with Gasteiger partial charge < -0.3 is 4.74 Å². The van der Waals surface area contributed by atoms with Crippen molar-refractivity contribution in [2.24, 2.45) is 0 Å². The van der Waals surface area contributed by atoms with E-state index in [1.54, 1.807) is 0 Å². The van der Waals surface area contributed by atoms with Crippen LogP contribution in [0.4, 0.5) is 0 Å². The van der Waals surface area contributed by atoms with Gasteiger partial charge in [0.1, 0.15) is 0 Å². The van der Waals surface area contributed by atoms with Crippen LogP contribution in [0.25, 0.3) is 11.3 Å². The summed E-state index contributed by atoms with van der Waals surface area (Å²) < 4.78 is 6.13. The van der Waals surface area contributed by atoms with E-state index in [0.717, 1.165) is 24.2 Å². The SMILES string of the molecule is CN1Cc2ccccc2-c2ncccc2COC[C@@H]1Cc1ccccc1. The molecule has 1 atom stereocenters. The van der Waals surface area contributed by atoms with Crippen molar-refractivity contribution in [3.63, 3.8) is 0 Å². The molecule has 3 nitrogen and oxygen atoms in total. The van der Waals surface area contributed by atoms with Crippen LogP contribution >= 0.6 is 0 Å². The number of benzene rings is 2. The van der Waals surface area contributed by atoms with Crippen LogP contribution in [0.2, 0.25) is 0 Å².